The van der Waals surface area contributed by atoms with Crippen LogP contribution in [-0.2, 0) is 0 Å². The highest BCUT2D eigenvalue weighted by Gasteiger charge is 2.23. The summed E-state index contributed by atoms with van der Waals surface area (Å²) in [7, 11) is 0. The Labute approximate surface area is 90.6 Å². The van der Waals surface area contributed by atoms with E-state index >= 15 is 0 Å². The van der Waals surface area contributed by atoms with Crippen LogP contribution in [0.4, 0.5) is 0 Å². The van der Waals surface area contributed by atoms with Crippen LogP contribution in [0.5, 0.6) is 0 Å². The van der Waals surface area contributed by atoms with Gasteiger partial charge in [-0.05, 0) is 25.7 Å². The van der Waals surface area contributed by atoms with E-state index in [-0.39, 0.29) is 0 Å². The molecule has 0 radical (unpaired) electrons. The van der Waals surface area contributed by atoms with E-state index in [1.165, 1.54) is 19.3 Å². The lowest BCUT2D eigenvalue weighted by Gasteiger charge is -2.25. The van der Waals surface area contributed by atoms with Gasteiger partial charge in [-0.3, -0.25) is 9.97 Å². The minimum Gasteiger partial charge on any atom is -0.386 e. The molecule has 3 nitrogen and oxygen atoms in total. The number of aliphatic hydroxyl groups excluding tert-OH is 1. The topological polar surface area (TPSA) is 46.0 Å². The lowest BCUT2D eigenvalue weighted by atomic mass is 9.84. The van der Waals surface area contributed by atoms with Crippen LogP contribution in [0.15, 0.2) is 12.4 Å². The SMILES string of the molecule is Cc1cnc(C(O)C2CCCCC2)cn1. The highest BCUT2D eigenvalue weighted by Crippen LogP contribution is 2.33. The molecule has 2 rings (SSSR count). The maximum absolute atomic E-state index is 10.1. The first-order valence-electron chi connectivity index (χ1n) is 5.74. The summed E-state index contributed by atoms with van der Waals surface area (Å²) in [6.45, 7) is 1.91. The van der Waals surface area contributed by atoms with Gasteiger partial charge in [-0.15, -0.1) is 0 Å². The summed E-state index contributed by atoms with van der Waals surface area (Å²) in [6, 6.07) is 0. The number of hydrogen-bond acceptors (Lipinski definition) is 3. The molecule has 1 aromatic rings. The van der Waals surface area contributed by atoms with Crippen LogP contribution in [0.1, 0.15) is 49.6 Å². The maximum Gasteiger partial charge on any atom is 0.100 e. The van der Waals surface area contributed by atoms with Gasteiger partial charge >= 0.3 is 0 Å². The second kappa shape index (κ2) is 4.71. The van der Waals surface area contributed by atoms with Gasteiger partial charge < -0.3 is 5.11 Å². The molecular formula is C12H18N2O. The van der Waals surface area contributed by atoms with Crippen molar-refractivity contribution in [3.63, 3.8) is 0 Å². The quantitative estimate of drug-likeness (QED) is 0.808. The minimum absolute atomic E-state index is 0.385. The van der Waals surface area contributed by atoms with Gasteiger partial charge in [-0.1, -0.05) is 19.3 Å². The van der Waals surface area contributed by atoms with Crippen molar-refractivity contribution in [1.82, 2.24) is 9.97 Å². The molecule has 0 aromatic carbocycles. The van der Waals surface area contributed by atoms with Crippen LogP contribution in [0.3, 0.4) is 0 Å². The molecule has 1 N–H and O–H groups in total. The van der Waals surface area contributed by atoms with Crippen molar-refractivity contribution in [2.45, 2.75) is 45.1 Å². The van der Waals surface area contributed by atoms with Gasteiger partial charge in [0.05, 0.1) is 17.6 Å². The Hall–Kier alpha value is -0.960. The van der Waals surface area contributed by atoms with Crippen molar-refractivity contribution in [2.24, 2.45) is 5.92 Å². The van der Waals surface area contributed by atoms with E-state index in [2.05, 4.69) is 9.97 Å². The van der Waals surface area contributed by atoms with E-state index in [9.17, 15) is 5.11 Å². The first-order chi connectivity index (χ1) is 7.27. The van der Waals surface area contributed by atoms with Crippen LogP contribution in [0.2, 0.25) is 0 Å². The Morgan fingerprint density at radius 2 is 1.93 bits per heavy atom. The lowest BCUT2D eigenvalue weighted by Crippen LogP contribution is -2.17. The van der Waals surface area contributed by atoms with E-state index in [1.807, 2.05) is 6.92 Å². The molecule has 1 fully saturated rings. The van der Waals surface area contributed by atoms with Crippen molar-refractivity contribution in [2.75, 3.05) is 0 Å². The Morgan fingerprint density at radius 1 is 1.20 bits per heavy atom. The molecule has 0 aliphatic heterocycles. The second-order valence-electron chi connectivity index (χ2n) is 4.43. The molecule has 1 aliphatic carbocycles. The molecule has 1 aromatic heterocycles. The van der Waals surface area contributed by atoms with E-state index in [1.54, 1.807) is 12.4 Å². The molecule has 82 valence electrons. The molecule has 0 spiro atoms. The molecule has 1 atom stereocenters. The van der Waals surface area contributed by atoms with Crippen molar-refractivity contribution in [3.8, 4) is 0 Å². The Kier molecular flexibility index (Phi) is 3.31. The fraction of sp³-hybridized carbons (Fsp3) is 0.667. The van der Waals surface area contributed by atoms with Crippen molar-refractivity contribution < 1.29 is 5.11 Å². The molecule has 0 amide bonds. The predicted octanol–water partition coefficient (Wildman–Crippen LogP) is 2.40. The molecule has 1 heterocycles. The number of rotatable bonds is 2. The first-order valence-corrected chi connectivity index (χ1v) is 5.74. The first kappa shape index (κ1) is 10.6. The second-order valence-corrected chi connectivity index (χ2v) is 4.43. The Bertz CT molecular complexity index is 304. The van der Waals surface area contributed by atoms with Crippen molar-refractivity contribution >= 4 is 0 Å². The summed E-state index contributed by atoms with van der Waals surface area (Å²) >= 11 is 0. The standard InChI is InChI=1S/C12H18N2O/c1-9-7-14-11(8-13-9)12(15)10-5-3-2-4-6-10/h7-8,10,12,15H,2-6H2,1H3. The zero-order valence-corrected chi connectivity index (χ0v) is 9.19. The van der Waals surface area contributed by atoms with Crippen LogP contribution < -0.4 is 0 Å². The van der Waals surface area contributed by atoms with Gasteiger partial charge in [-0.2, -0.15) is 0 Å². The van der Waals surface area contributed by atoms with E-state index in [0.29, 0.717) is 5.92 Å². The van der Waals surface area contributed by atoms with Gasteiger partial charge in [0.25, 0.3) is 0 Å². The smallest absolute Gasteiger partial charge is 0.100 e. The third-order valence-corrected chi connectivity index (χ3v) is 3.20. The van der Waals surface area contributed by atoms with Crippen LogP contribution in [0.25, 0.3) is 0 Å². The molecule has 1 aliphatic rings. The Balaban J connectivity index is 2.05. The monoisotopic (exact) mass is 206 g/mol. The molecule has 15 heavy (non-hydrogen) atoms. The van der Waals surface area contributed by atoms with Crippen LogP contribution in [0, 0.1) is 12.8 Å². The molecule has 1 saturated carbocycles. The zero-order valence-electron chi connectivity index (χ0n) is 9.19. The van der Waals surface area contributed by atoms with E-state index < -0.39 is 6.10 Å². The molecule has 0 bridgehead atoms. The third-order valence-electron chi connectivity index (χ3n) is 3.20. The zero-order chi connectivity index (χ0) is 10.7. The van der Waals surface area contributed by atoms with Crippen LogP contribution in [-0.4, -0.2) is 15.1 Å². The van der Waals surface area contributed by atoms with Gasteiger partial charge in [0.2, 0.25) is 0 Å². The summed E-state index contributed by atoms with van der Waals surface area (Å²) in [5.41, 5.74) is 1.63. The predicted molar refractivity (Wildman–Crippen MR) is 58.3 cm³/mol. The number of nitrogens with zero attached hydrogens (tertiary/aromatic N) is 2. The lowest BCUT2D eigenvalue weighted by molar-refractivity contribution is 0.0808. The number of aliphatic hydroxyl groups is 1. The number of aryl methyl sites for hydroxylation is 1. The van der Waals surface area contributed by atoms with Crippen molar-refractivity contribution in [3.05, 3.63) is 23.8 Å². The highest BCUT2D eigenvalue weighted by molar-refractivity contribution is 5.05. The summed E-state index contributed by atoms with van der Waals surface area (Å²) < 4.78 is 0. The third kappa shape index (κ3) is 2.53. The molecule has 3 heteroatoms. The number of aromatic nitrogens is 2. The van der Waals surface area contributed by atoms with Gasteiger partial charge in [0, 0.05) is 6.20 Å². The largest absolute Gasteiger partial charge is 0.386 e. The molecule has 0 saturated heterocycles. The summed E-state index contributed by atoms with van der Waals surface area (Å²) in [5.74, 6) is 0.385. The fourth-order valence-corrected chi connectivity index (χ4v) is 2.25. The highest BCUT2D eigenvalue weighted by atomic mass is 16.3. The normalized spacial score (nSPS) is 20.1. The summed E-state index contributed by atoms with van der Waals surface area (Å²) in [5, 5.41) is 10.1. The summed E-state index contributed by atoms with van der Waals surface area (Å²) in [4.78, 5) is 8.41. The van der Waals surface area contributed by atoms with Crippen LogP contribution >= 0.6 is 0 Å². The molecular weight excluding hydrogens is 188 g/mol. The van der Waals surface area contributed by atoms with E-state index in [4.69, 9.17) is 0 Å². The fourth-order valence-electron chi connectivity index (χ4n) is 2.25. The Morgan fingerprint density at radius 3 is 2.53 bits per heavy atom. The number of hydrogen-bond donors (Lipinski definition) is 1. The van der Waals surface area contributed by atoms with Crippen molar-refractivity contribution in [1.29, 1.82) is 0 Å². The summed E-state index contributed by atoms with van der Waals surface area (Å²) in [6.07, 6.45) is 9.03. The van der Waals surface area contributed by atoms with E-state index in [0.717, 1.165) is 24.2 Å². The van der Waals surface area contributed by atoms with Gasteiger partial charge in [-0.25, -0.2) is 0 Å². The molecule has 1 unspecified atom stereocenters. The average Bonchev–Trinajstić information content (AvgIpc) is 2.30. The average molecular weight is 206 g/mol. The van der Waals surface area contributed by atoms with Gasteiger partial charge in [0.1, 0.15) is 6.10 Å². The van der Waals surface area contributed by atoms with Gasteiger partial charge in [0.15, 0.2) is 0 Å². The minimum atomic E-state index is -0.418. The maximum atomic E-state index is 10.1.